The molecule has 5 nitrogen and oxygen atoms in total. The van der Waals surface area contributed by atoms with Gasteiger partial charge in [-0.15, -0.1) is 0 Å². The summed E-state index contributed by atoms with van der Waals surface area (Å²) < 4.78 is 5.18. The summed E-state index contributed by atoms with van der Waals surface area (Å²) in [5, 5.41) is 8.83. The summed E-state index contributed by atoms with van der Waals surface area (Å²) in [6.07, 6.45) is 0.463. The van der Waals surface area contributed by atoms with Crippen molar-refractivity contribution in [1.29, 1.82) is 5.26 Å². The average Bonchev–Trinajstić information content (AvgIpc) is 2.37. The molecule has 0 radical (unpaired) electrons. The normalized spacial score (nSPS) is 12.8. The van der Waals surface area contributed by atoms with Crippen LogP contribution in [-0.4, -0.2) is 30.2 Å². The summed E-state index contributed by atoms with van der Waals surface area (Å²) in [6, 6.07) is 4.23. The molecule has 0 aromatic carbocycles. The first kappa shape index (κ1) is 16.4. The molecule has 1 aromatic heterocycles. The molecule has 1 unspecified atom stereocenters. The van der Waals surface area contributed by atoms with Gasteiger partial charge in [-0.05, 0) is 6.92 Å². The Labute approximate surface area is 121 Å². The zero-order valence-corrected chi connectivity index (χ0v) is 13.3. The molecule has 0 fully saturated rings. The summed E-state index contributed by atoms with van der Waals surface area (Å²) >= 11 is 0. The molecule has 0 aliphatic rings. The van der Waals surface area contributed by atoms with Crippen LogP contribution in [0.25, 0.3) is 0 Å². The fourth-order valence-electron chi connectivity index (χ4n) is 1.72. The first-order valence-corrected chi connectivity index (χ1v) is 6.76. The van der Waals surface area contributed by atoms with Crippen LogP contribution >= 0.6 is 0 Å². The lowest BCUT2D eigenvalue weighted by Crippen LogP contribution is -2.30. The minimum atomic E-state index is -0.127. The molecule has 5 heteroatoms. The lowest BCUT2D eigenvalue weighted by Gasteiger charge is -2.26. The third-order valence-electron chi connectivity index (χ3n) is 3.14. The molecule has 0 bridgehead atoms. The van der Waals surface area contributed by atoms with Crippen LogP contribution in [-0.2, 0) is 16.8 Å². The smallest absolute Gasteiger partial charge is 0.136 e. The van der Waals surface area contributed by atoms with Crippen LogP contribution in [0.15, 0.2) is 6.07 Å². The van der Waals surface area contributed by atoms with Crippen LogP contribution in [0.1, 0.15) is 45.6 Å². The van der Waals surface area contributed by atoms with E-state index in [1.807, 2.05) is 24.9 Å². The molecule has 0 amide bonds. The van der Waals surface area contributed by atoms with Gasteiger partial charge < -0.3 is 9.64 Å². The predicted molar refractivity (Wildman–Crippen MR) is 79.5 cm³/mol. The number of ether oxygens (including phenoxy) is 1. The Hall–Kier alpha value is -1.67. The number of hydrogen-bond donors (Lipinski definition) is 0. The zero-order valence-electron chi connectivity index (χ0n) is 13.3. The standard InChI is InChI=1S/C15H24N4O/c1-11(7-8-16)19(5)13-9-12(10-20-6)17-14(18-13)15(2,3)4/h9,11H,7,10H2,1-6H3. The maximum Gasteiger partial charge on any atom is 0.136 e. The van der Waals surface area contributed by atoms with Gasteiger partial charge in [0, 0.05) is 31.7 Å². The summed E-state index contributed by atoms with van der Waals surface area (Å²) in [5.74, 6) is 1.62. The zero-order chi connectivity index (χ0) is 15.3. The molecule has 1 aromatic rings. The lowest BCUT2D eigenvalue weighted by atomic mass is 9.95. The maximum absolute atomic E-state index is 8.83. The highest BCUT2D eigenvalue weighted by Gasteiger charge is 2.21. The molecule has 0 aliphatic heterocycles. The molecule has 0 saturated carbocycles. The quantitative estimate of drug-likeness (QED) is 0.827. The van der Waals surface area contributed by atoms with Crippen molar-refractivity contribution in [3.63, 3.8) is 0 Å². The Morgan fingerprint density at radius 1 is 1.40 bits per heavy atom. The second-order valence-corrected chi connectivity index (χ2v) is 6.05. The monoisotopic (exact) mass is 276 g/mol. The number of methoxy groups -OCH3 is 1. The van der Waals surface area contributed by atoms with Crippen molar-refractivity contribution in [3.05, 3.63) is 17.6 Å². The van der Waals surface area contributed by atoms with Gasteiger partial charge >= 0.3 is 0 Å². The first-order chi connectivity index (χ1) is 9.29. The van der Waals surface area contributed by atoms with E-state index in [2.05, 4.69) is 36.8 Å². The molecule has 0 spiro atoms. The van der Waals surface area contributed by atoms with Crippen LogP contribution < -0.4 is 4.90 Å². The van der Waals surface area contributed by atoms with Crippen molar-refractivity contribution >= 4 is 5.82 Å². The summed E-state index contributed by atoms with van der Waals surface area (Å²) in [4.78, 5) is 11.2. The number of hydrogen-bond acceptors (Lipinski definition) is 5. The topological polar surface area (TPSA) is 62.0 Å². The van der Waals surface area contributed by atoms with Crippen LogP contribution in [0.4, 0.5) is 5.82 Å². The predicted octanol–water partition coefficient (Wildman–Crippen LogP) is 2.66. The van der Waals surface area contributed by atoms with Gasteiger partial charge in [0.1, 0.15) is 11.6 Å². The molecule has 0 aliphatic carbocycles. The molecule has 20 heavy (non-hydrogen) atoms. The van der Waals surface area contributed by atoms with Gasteiger partial charge in [0.25, 0.3) is 0 Å². The number of nitrogens with zero attached hydrogens (tertiary/aromatic N) is 4. The summed E-state index contributed by atoms with van der Waals surface area (Å²) in [6.45, 7) is 8.72. The highest BCUT2D eigenvalue weighted by molar-refractivity contribution is 5.41. The van der Waals surface area contributed by atoms with E-state index in [0.717, 1.165) is 17.3 Å². The number of nitriles is 1. The van der Waals surface area contributed by atoms with Crippen LogP contribution in [0.2, 0.25) is 0 Å². The molecule has 0 N–H and O–H groups in total. The fraction of sp³-hybridized carbons (Fsp3) is 0.667. The van der Waals surface area contributed by atoms with E-state index in [4.69, 9.17) is 10.00 Å². The van der Waals surface area contributed by atoms with Gasteiger partial charge in [-0.2, -0.15) is 5.26 Å². The fourth-order valence-corrected chi connectivity index (χ4v) is 1.72. The molecule has 110 valence electrons. The highest BCUT2D eigenvalue weighted by atomic mass is 16.5. The minimum absolute atomic E-state index is 0.109. The number of aromatic nitrogens is 2. The largest absolute Gasteiger partial charge is 0.378 e. The van der Waals surface area contributed by atoms with E-state index in [0.29, 0.717) is 13.0 Å². The second-order valence-electron chi connectivity index (χ2n) is 6.05. The third-order valence-corrected chi connectivity index (χ3v) is 3.14. The molecule has 1 heterocycles. The lowest BCUT2D eigenvalue weighted by molar-refractivity contribution is 0.181. The van der Waals surface area contributed by atoms with Gasteiger partial charge in [0.2, 0.25) is 0 Å². The third kappa shape index (κ3) is 4.17. The molecule has 1 atom stereocenters. The maximum atomic E-state index is 8.83. The van der Waals surface area contributed by atoms with Crippen molar-refractivity contribution in [1.82, 2.24) is 9.97 Å². The van der Waals surface area contributed by atoms with E-state index in [-0.39, 0.29) is 11.5 Å². The van der Waals surface area contributed by atoms with E-state index in [9.17, 15) is 0 Å². The number of anilines is 1. The van der Waals surface area contributed by atoms with Gasteiger partial charge in [-0.25, -0.2) is 9.97 Å². The van der Waals surface area contributed by atoms with Gasteiger partial charge in [0.05, 0.1) is 24.8 Å². The van der Waals surface area contributed by atoms with Crippen molar-refractivity contribution in [3.8, 4) is 6.07 Å². The van der Waals surface area contributed by atoms with Crippen molar-refractivity contribution in [2.75, 3.05) is 19.1 Å². The van der Waals surface area contributed by atoms with Gasteiger partial charge in [-0.3, -0.25) is 0 Å². The first-order valence-electron chi connectivity index (χ1n) is 6.76. The second kappa shape index (κ2) is 6.67. The van der Waals surface area contributed by atoms with E-state index >= 15 is 0 Å². The number of rotatable bonds is 5. The van der Waals surface area contributed by atoms with Crippen LogP contribution in [0, 0.1) is 11.3 Å². The van der Waals surface area contributed by atoms with Crippen molar-refractivity contribution < 1.29 is 4.74 Å². The average molecular weight is 276 g/mol. The van der Waals surface area contributed by atoms with Gasteiger partial charge in [0.15, 0.2) is 0 Å². The minimum Gasteiger partial charge on any atom is -0.378 e. The Kier molecular flexibility index (Phi) is 5.46. The van der Waals surface area contributed by atoms with Crippen molar-refractivity contribution in [2.45, 2.75) is 52.2 Å². The molecule has 0 saturated heterocycles. The molecular weight excluding hydrogens is 252 g/mol. The van der Waals surface area contributed by atoms with Crippen LogP contribution in [0.5, 0.6) is 0 Å². The Balaban J connectivity index is 3.18. The Morgan fingerprint density at radius 3 is 2.55 bits per heavy atom. The van der Waals surface area contributed by atoms with E-state index < -0.39 is 0 Å². The van der Waals surface area contributed by atoms with E-state index in [1.165, 1.54) is 0 Å². The molecular formula is C15H24N4O. The van der Waals surface area contributed by atoms with Crippen molar-refractivity contribution in [2.24, 2.45) is 0 Å². The summed E-state index contributed by atoms with van der Waals surface area (Å²) in [5.41, 5.74) is 0.732. The van der Waals surface area contributed by atoms with Crippen LogP contribution in [0.3, 0.4) is 0 Å². The molecule has 1 rings (SSSR count). The Morgan fingerprint density at radius 2 is 2.05 bits per heavy atom. The summed E-state index contributed by atoms with van der Waals surface area (Å²) in [7, 11) is 3.61. The van der Waals surface area contributed by atoms with Gasteiger partial charge in [-0.1, -0.05) is 20.8 Å². The highest BCUT2D eigenvalue weighted by Crippen LogP contribution is 2.23. The Bertz CT molecular complexity index is 488. The SMILES string of the molecule is COCc1cc(N(C)C(C)CC#N)nc(C(C)(C)C)n1. The van der Waals surface area contributed by atoms with E-state index in [1.54, 1.807) is 7.11 Å².